The quantitative estimate of drug-likeness (QED) is 0.207. The van der Waals surface area contributed by atoms with E-state index in [1.807, 2.05) is 30.9 Å². The van der Waals surface area contributed by atoms with Crippen LogP contribution in [0.2, 0.25) is 0 Å². The summed E-state index contributed by atoms with van der Waals surface area (Å²) in [5, 5.41) is 39.1. The number of aromatic hydroxyl groups is 2. The van der Waals surface area contributed by atoms with Crippen molar-refractivity contribution in [1.29, 1.82) is 0 Å². The van der Waals surface area contributed by atoms with Gasteiger partial charge < -0.3 is 25.5 Å². The lowest BCUT2D eigenvalue weighted by atomic mass is 9.99. The second-order valence-corrected chi connectivity index (χ2v) is 7.83. The Morgan fingerprint density at radius 1 is 1.06 bits per heavy atom. The molecule has 31 heavy (non-hydrogen) atoms. The normalized spacial score (nSPS) is 12.8. The molecule has 0 radical (unpaired) electrons. The number of benzene rings is 3. The van der Waals surface area contributed by atoms with Crippen LogP contribution in [-0.4, -0.2) is 76.9 Å². The number of aliphatic hydroxyl groups is 1. The maximum Gasteiger partial charge on any atom is 0.189 e. The number of H-pyrrole nitrogens is 1. The second-order valence-electron chi connectivity index (χ2n) is 7.83. The molecule has 164 valence electrons. The highest BCUT2D eigenvalue weighted by Gasteiger charge is 2.22. The van der Waals surface area contributed by atoms with Gasteiger partial charge in [0.1, 0.15) is 11.5 Å². The molecule has 0 aliphatic heterocycles. The van der Waals surface area contributed by atoms with Gasteiger partial charge in [0, 0.05) is 25.0 Å². The molecule has 4 aromatic rings. The molecule has 1 heterocycles. The summed E-state index contributed by atoms with van der Waals surface area (Å²) in [5.74, 6) is -0.302. The minimum Gasteiger partial charge on any atom is -0.507 e. The van der Waals surface area contributed by atoms with Crippen molar-refractivity contribution in [2.45, 2.75) is 6.54 Å². The van der Waals surface area contributed by atoms with Crippen LogP contribution in [-0.2, 0) is 6.54 Å². The van der Waals surface area contributed by atoms with Gasteiger partial charge in [-0.25, -0.2) is 0 Å². The first kappa shape index (κ1) is 21.1. The molecule has 0 unspecified atom stereocenters. The van der Waals surface area contributed by atoms with Crippen molar-refractivity contribution < 1.29 is 15.3 Å². The largest absolute Gasteiger partial charge is 0.507 e. The first-order valence-electron chi connectivity index (χ1n) is 10.3. The molecular weight excluding hydrogens is 398 g/mol. The van der Waals surface area contributed by atoms with Gasteiger partial charge in [0.05, 0.1) is 52.2 Å². The van der Waals surface area contributed by atoms with Crippen LogP contribution in [0.15, 0.2) is 34.1 Å². The fourth-order valence-corrected chi connectivity index (χ4v) is 3.98. The van der Waals surface area contributed by atoms with E-state index in [9.17, 15) is 15.0 Å². The molecule has 4 rings (SSSR count). The second kappa shape index (κ2) is 8.54. The number of phenolic OH excluding ortho intramolecular Hbond substituents is 2. The first-order chi connectivity index (χ1) is 14.9. The number of hydrogen-bond acceptors (Lipinski definition) is 7. The predicted octanol–water partition coefficient (Wildman–Crippen LogP) is 0.529. The van der Waals surface area contributed by atoms with Crippen LogP contribution in [0, 0.1) is 0 Å². The van der Waals surface area contributed by atoms with Crippen LogP contribution in [0.3, 0.4) is 0 Å². The molecule has 0 amide bonds. The maximum atomic E-state index is 12.7. The molecule has 5 N–H and O–H groups in total. The van der Waals surface area contributed by atoms with Crippen molar-refractivity contribution in [1.82, 2.24) is 20.0 Å². The Kier molecular flexibility index (Phi) is 5.81. The number of rotatable bonds is 8. The summed E-state index contributed by atoms with van der Waals surface area (Å²) in [6, 6.07) is 6.39. The summed E-state index contributed by atoms with van der Waals surface area (Å²) < 4.78 is 1.95. The van der Waals surface area contributed by atoms with Crippen LogP contribution >= 0.6 is 0 Å². The van der Waals surface area contributed by atoms with Gasteiger partial charge in [-0.1, -0.05) is 0 Å². The maximum absolute atomic E-state index is 12.7. The van der Waals surface area contributed by atoms with E-state index < -0.39 is 0 Å². The van der Waals surface area contributed by atoms with Gasteiger partial charge in [0.25, 0.3) is 0 Å². The van der Waals surface area contributed by atoms with E-state index in [1.54, 1.807) is 0 Å². The summed E-state index contributed by atoms with van der Waals surface area (Å²) >= 11 is 0. The zero-order chi connectivity index (χ0) is 22.1. The summed E-state index contributed by atoms with van der Waals surface area (Å²) in [5.41, 5.74) is 1.15. The van der Waals surface area contributed by atoms with Crippen molar-refractivity contribution in [3.05, 3.63) is 39.8 Å². The average molecular weight is 425 g/mol. The molecule has 0 saturated carbocycles. The van der Waals surface area contributed by atoms with Gasteiger partial charge in [-0.05, 0) is 38.4 Å². The molecule has 0 fully saturated rings. The smallest absolute Gasteiger partial charge is 0.189 e. The Bertz CT molecular complexity index is 1360. The van der Waals surface area contributed by atoms with Crippen molar-refractivity contribution >= 4 is 32.6 Å². The van der Waals surface area contributed by atoms with Crippen molar-refractivity contribution in [2.75, 3.05) is 46.9 Å². The summed E-state index contributed by atoms with van der Waals surface area (Å²) in [7, 11) is 3.97. The molecule has 9 nitrogen and oxygen atoms in total. The number of phenols is 2. The van der Waals surface area contributed by atoms with Crippen LogP contribution < -0.4 is 16.1 Å². The molecule has 9 heteroatoms. The van der Waals surface area contributed by atoms with Gasteiger partial charge in [0.2, 0.25) is 0 Å². The Morgan fingerprint density at radius 2 is 1.87 bits per heavy atom. The number of nitrogens with one attached hydrogen (secondary N) is 2. The zero-order valence-electron chi connectivity index (χ0n) is 17.6. The number of hydrogen-bond donors (Lipinski definition) is 5. The highest BCUT2D eigenvalue weighted by Crippen LogP contribution is 2.41. The molecule has 0 aliphatic rings. The summed E-state index contributed by atoms with van der Waals surface area (Å²) in [4.78, 5) is 19.4. The van der Waals surface area contributed by atoms with Crippen LogP contribution in [0.5, 0.6) is 11.5 Å². The van der Waals surface area contributed by atoms with Gasteiger partial charge >= 0.3 is 0 Å². The Labute approximate surface area is 178 Å². The zero-order valence-corrected chi connectivity index (χ0v) is 17.6. The molecule has 0 atom stereocenters. The van der Waals surface area contributed by atoms with E-state index in [2.05, 4.69) is 20.3 Å². The Morgan fingerprint density at radius 3 is 2.61 bits per heavy atom. The predicted molar refractivity (Wildman–Crippen MR) is 121 cm³/mol. The SMILES string of the molecule is CN(C)CCn1[nH]c2c3c(=O)ccc(O)c3c(O)c3c(=NCCNCCO)ccc1c32. The minimum atomic E-state index is -0.275. The highest BCUT2D eigenvalue weighted by molar-refractivity contribution is 6.23. The fraction of sp³-hybridized carbons (Fsp3) is 0.364. The van der Waals surface area contributed by atoms with Crippen molar-refractivity contribution in [3.63, 3.8) is 0 Å². The Hall–Kier alpha value is -3.14. The van der Waals surface area contributed by atoms with E-state index in [0.29, 0.717) is 42.4 Å². The molecule has 0 bridgehead atoms. The number of nitrogens with zero attached hydrogens (tertiary/aromatic N) is 3. The monoisotopic (exact) mass is 425 g/mol. The number of aromatic amines is 1. The van der Waals surface area contributed by atoms with E-state index in [0.717, 1.165) is 17.4 Å². The van der Waals surface area contributed by atoms with E-state index in [-0.39, 0.29) is 34.3 Å². The van der Waals surface area contributed by atoms with E-state index in [1.165, 1.54) is 12.1 Å². The number of aromatic nitrogens is 2. The lowest BCUT2D eigenvalue weighted by Crippen LogP contribution is -2.22. The lowest BCUT2D eigenvalue weighted by molar-refractivity contribution is 0.293. The minimum absolute atomic E-state index is 0.0546. The number of aliphatic hydroxyl groups excluding tert-OH is 1. The number of likely N-dealkylation sites (N-methyl/N-ethyl adjacent to an activating group) is 1. The topological polar surface area (TPSA) is 126 Å². The van der Waals surface area contributed by atoms with Crippen molar-refractivity contribution in [2.24, 2.45) is 4.99 Å². The lowest BCUT2D eigenvalue weighted by Gasteiger charge is -2.11. The van der Waals surface area contributed by atoms with Gasteiger partial charge in [-0.2, -0.15) is 0 Å². The van der Waals surface area contributed by atoms with Crippen LogP contribution in [0.25, 0.3) is 32.6 Å². The molecule has 0 aliphatic carbocycles. The molecule has 0 spiro atoms. The molecular formula is C22H27N5O4. The fourth-order valence-electron chi connectivity index (χ4n) is 3.98. The summed E-state index contributed by atoms with van der Waals surface area (Å²) in [6.07, 6.45) is 0. The van der Waals surface area contributed by atoms with E-state index >= 15 is 0 Å². The van der Waals surface area contributed by atoms with Gasteiger partial charge in [-0.15, -0.1) is 0 Å². The molecule has 0 saturated heterocycles. The van der Waals surface area contributed by atoms with Crippen molar-refractivity contribution in [3.8, 4) is 11.5 Å². The third-order valence-corrected chi connectivity index (χ3v) is 5.45. The van der Waals surface area contributed by atoms with Crippen LogP contribution in [0.1, 0.15) is 0 Å². The molecule has 3 aromatic carbocycles. The molecule has 1 aromatic heterocycles. The van der Waals surface area contributed by atoms with Crippen LogP contribution in [0.4, 0.5) is 0 Å². The van der Waals surface area contributed by atoms with Gasteiger partial charge in [-0.3, -0.25) is 19.6 Å². The van der Waals surface area contributed by atoms with E-state index in [4.69, 9.17) is 5.11 Å². The third-order valence-electron chi connectivity index (χ3n) is 5.45. The summed E-state index contributed by atoms with van der Waals surface area (Å²) in [6.45, 7) is 3.01. The average Bonchev–Trinajstić information content (AvgIpc) is 3.11. The Balaban J connectivity index is 2.03. The first-order valence-corrected chi connectivity index (χ1v) is 10.3. The third kappa shape index (κ3) is 3.71. The standard InChI is InChI=1S/C22H27N5O4/c1-26(2)10-11-27-14-4-3-13(24-8-7-23-9-12-28)17-18(14)21(25-27)19-15(29)5-6-16(30)20(19)22(17)31/h3-6,23,25,28,30-31H,7-12H2,1-2H3. The number of fused-ring (bicyclic) bond motifs is 2. The highest BCUT2D eigenvalue weighted by atomic mass is 16.3. The van der Waals surface area contributed by atoms with Gasteiger partial charge in [0.15, 0.2) is 5.43 Å².